The van der Waals surface area contributed by atoms with Gasteiger partial charge >= 0.3 is 6.09 Å². The zero-order valence-corrected chi connectivity index (χ0v) is 29.7. The first kappa shape index (κ1) is 35.4. The highest BCUT2D eigenvalue weighted by atomic mass is 32.2. The third-order valence-corrected chi connectivity index (χ3v) is 12.8. The summed E-state index contributed by atoms with van der Waals surface area (Å²) < 4.78 is 33.5. The SMILES string of the molecule is C=C[C@@H]1C[C@]1(NC(=O)[C@@H]1C[C@@H]2CN1C(=O)[C@H](C(C)C)NC(C)CCCCCCc1cccc3c1CN(C3)C(=O)O2)C(=O)NS(=O)(=O)C1CC1. The molecule has 6 atom stereocenters. The lowest BCUT2D eigenvalue weighted by Gasteiger charge is -2.33. The van der Waals surface area contributed by atoms with E-state index in [-0.39, 0.29) is 37.3 Å². The molecule has 268 valence electrons. The highest BCUT2D eigenvalue weighted by Crippen LogP contribution is 2.45. The number of hydrogen-bond donors (Lipinski definition) is 3. The fraction of sp³-hybridized carbons (Fsp3) is 0.667. The molecule has 3 fully saturated rings. The van der Waals surface area contributed by atoms with Gasteiger partial charge < -0.3 is 20.3 Å². The minimum Gasteiger partial charge on any atom is -0.444 e. The van der Waals surface area contributed by atoms with Crippen LogP contribution in [0.5, 0.6) is 0 Å². The van der Waals surface area contributed by atoms with Crippen LogP contribution in [0.15, 0.2) is 30.9 Å². The number of benzene rings is 1. The third-order valence-electron chi connectivity index (χ3n) is 10.9. The molecule has 3 N–H and O–H groups in total. The van der Waals surface area contributed by atoms with Crippen molar-refractivity contribution in [3.8, 4) is 0 Å². The van der Waals surface area contributed by atoms with Gasteiger partial charge in [-0.2, -0.15) is 0 Å². The van der Waals surface area contributed by atoms with Gasteiger partial charge in [0.05, 0.1) is 17.8 Å². The Kier molecular flexibility index (Phi) is 10.1. The van der Waals surface area contributed by atoms with Gasteiger partial charge in [0.2, 0.25) is 21.8 Å². The molecule has 3 heterocycles. The van der Waals surface area contributed by atoms with Crippen molar-refractivity contribution in [2.45, 2.75) is 133 Å². The molecule has 1 saturated heterocycles. The van der Waals surface area contributed by atoms with Crippen LogP contribution in [0.25, 0.3) is 0 Å². The monoisotopic (exact) mass is 697 g/mol. The van der Waals surface area contributed by atoms with E-state index in [0.717, 1.165) is 44.1 Å². The molecule has 0 spiro atoms. The van der Waals surface area contributed by atoms with Gasteiger partial charge in [-0.15, -0.1) is 6.58 Å². The summed E-state index contributed by atoms with van der Waals surface area (Å²) >= 11 is 0. The second kappa shape index (κ2) is 14.0. The number of fused-ring (bicyclic) bond motifs is 3. The molecule has 4 bridgehead atoms. The molecule has 13 heteroatoms. The highest BCUT2D eigenvalue weighted by molar-refractivity contribution is 7.91. The summed E-state index contributed by atoms with van der Waals surface area (Å²) in [5.41, 5.74) is 2.05. The lowest BCUT2D eigenvalue weighted by molar-refractivity contribution is -0.142. The number of ether oxygens (including phenoxy) is 1. The summed E-state index contributed by atoms with van der Waals surface area (Å²) in [5.74, 6) is -2.23. The Morgan fingerprint density at radius 3 is 2.51 bits per heavy atom. The number of carbonyl (C=O) groups is 4. The van der Waals surface area contributed by atoms with Crippen LogP contribution in [0.3, 0.4) is 0 Å². The number of hydrogen-bond acceptors (Lipinski definition) is 8. The Bertz CT molecular complexity index is 1590. The fourth-order valence-electron chi connectivity index (χ4n) is 7.70. The normalized spacial score (nSPS) is 31.0. The van der Waals surface area contributed by atoms with E-state index in [4.69, 9.17) is 4.74 Å². The van der Waals surface area contributed by atoms with Gasteiger partial charge in [-0.25, -0.2) is 13.2 Å². The van der Waals surface area contributed by atoms with Crippen LogP contribution in [0, 0.1) is 11.8 Å². The maximum Gasteiger partial charge on any atom is 0.410 e. The van der Waals surface area contributed by atoms with Crippen molar-refractivity contribution in [2.75, 3.05) is 6.54 Å². The molecule has 0 aromatic heterocycles. The number of nitrogens with zero attached hydrogens (tertiary/aromatic N) is 2. The van der Waals surface area contributed by atoms with E-state index in [1.54, 1.807) is 4.90 Å². The predicted molar refractivity (Wildman–Crippen MR) is 183 cm³/mol. The molecule has 1 aromatic rings. The number of rotatable bonds is 7. The van der Waals surface area contributed by atoms with Crippen LogP contribution < -0.4 is 15.4 Å². The van der Waals surface area contributed by atoms with Crippen LogP contribution in [-0.4, -0.2) is 83.6 Å². The van der Waals surface area contributed by atoms with Crippen LogP contribution in [0.4, 0.5) is 4.79 Å². The molecule has 5 aliphatic rings. The first-order chi connectivity index (χ1) is 23.3. The van der Waals surface area contributed by atoms with Crippen molar-refractivity contribution in [1.29, 1.82) is 0 Å². The van der Waals surface area contributed by atoms with E-state index >= 15 is 0 Å². The van der Waals surface area contributed by atoms with Crippen molar-refractivity contribution in [3.05, 3.63) is 47.5 Å². The molecule has 12 nitrogen and oxygen atoms in total. The van der Waals surface area contributed by atoms with E-state index in [0.29, 0.717) is 25.9 Å². The Morgan fingerprint density at radius 1 is 1.08 bits per heavy atom. The molecule has 6 rings (SSSR count). The zero-order chi connectivity index (χ0) is 35.1. The first-order valence-corrected chi connectivity index (χ1v) is 19.5. The topological polar surface area (TPSA) is 154 Å². The molecule has 3 aliphatic heterocycles. The van der Waals surface area contributed by atoms with Crippen molar-refractivity contribution < 1.29 is 32.3 Å². The minimum atomic E-state index is -3.85. The Balaban J connectivity index is 1.25. The second-order valence-corrected chi connectivity index (χ2v) is 17.0. The Morgan fingerprint density at radius 2 is 1.82 bits per heavy atom. The van der Waals surface area contributed by atoms with Crippen LogP contribution >= 0.6 is 0 Å². The maximum atomic E-state index is 14.3. The average Bonchev–Trinajstić information content (AvgIpc) is 3.95. The van der Waals surface area contributed by atoms with E-state index in [1.165, 1.54) is 22.1 Å². The van der Waals surface area contributed by atoms with Crippen LogP contribution in [-0.2, 0) is 48.7 Å². The molecule has 2 saturated carbocycles. The summed E-state index contributed by atoms with van der Waals surface area (Å²) in [7, 11) is -3.85. The third kappa shape index (κ3) is 7.52. The quantitative estimate of drug-likeness (QED) is 0.367. The summed E-state index contributed by atoms with van der Waals surface area (Å²) in [5, 5.41) is 5.73. The molecule has 0 radical (unpaired) electrons. The van der Waals surface area contributed by atoms with E-state index in [2.05, 4.69) is 34.9 Å². The van der Waals surface area contributed by atoms with E-state index in [1.807, 2.05) is 26.0 Å². The van der Waals surface area contributed by atoms with Crippen LogP contribution in [0.1, 0.15) is 95.2 Å². The summed E-state index contributed by atoms with van der Waals surface area (Å²) in [6, 6.07) is 4.67. The molecule has 1 aromatic carbocycles. The van der Waals surface area contributed by atoms with Gasteiger partial charge in [-0.3, -0.25) is 24.0 Å². The van der Waals surface area contributed by atoms with Crippen molar-refractivity contribution in [3.63, 3.8) is 0 Å². The molecular weight excluding hydrogens is 646 g/mol. The fourth-order valence-corrected chi connectivity index (χ4v) is 9.07. The molecule has 2 aliphatic carbocycles. The highest BCUT2D eigenvalue weighted by Gasteiger charge is 2.62. The van der Waals surface area contributed by atoms with E-state index < -0.39 is 62.8 Å². The number of amides is 4. The largest absolute Gasteiger partial charge is 0.444 e. The van der Waals surface area contributed by atoms with Gasteiger partial charge in [0, 0.05) is 31.5 Å². The smallest absolute Gasteiger partial charge is 0.410 e. The number of carbonyl (C=O) groups excluding carboxylic acids is 4. The second-order valence-electron chi connectivity index (χ2n) is 15.1. The predicted octanol–water partition coefficient (Wildman–Crippen LogP) is 3.29. The van der Waals surface area contributed by atoms with Gasteiger partial charge in [0.15, 0.2) is 0 Å². The molecule has 4 amide bonds. The summed E-state index contributed by atoms with van der Waals surface area (Å²) in [6.45, 7) is 10.7. The zero-order valence-electron chi connectivity index (χ0n) is 28.9. The number of sulfonamides is 1. The lowest BCUT2D eigenvalue weighted by Crippen LogP contribution is -2.59. The Hall–Kier alpha value is -3.45. The van der Waals surface area contributed by atoms with Crippen LogP contribution in [0.2, 0.25) is 0 Å². The number of nitrogens with one attached hydrogen (secondary N) is 3. The maximum absolute atomic E-state index is 14.3. The lowest BCUT2D eigenvalue weighted by atomic mass is 9.97. The van der Waals surface area contributed by atoms with Gasteiger partial charge in [0.25, 0.3) is 5.91 Å². The van der Waals surface area contributed by atoms with Crippen molar-refractivity contribution in [1.82, 2.24) is 25.2 Å². The first-order valence-electron chi connectivity index (χ1n) is 17.9. The standard InChI is InChI=1S/C36H51N5O7S/c1-5-26-18-36(26,34(44)39-49(46,47)28-15-16-28)38-32(42)30-17-27-20-41(30)33(43)31(22(2)3)37-23(4)11-8-6-7-9-12-24-13-10-14-25-19-40(21-29(24)25)35(45)48-27/h5,10,13-14,22-23,26-28,30-31,37H,1,6-9,11-12,15-21H2,2-4H3,(H,38,42)(H,39,44)/t23?,26-,27-,30+,31+,36-/m1/s1. The molecule has 1 unspecified atom stereocenters. The van der Waals surface area contributed by atoms with Gasteiger partial charge in [-0.1, -0.05) is 57.4 Å². The average molecular weight is 698 g/mol. The van der Waals surface area contributed by atoms with Gasteiger partial charge in [0.1, 0.15) is 17.7 Å². The van der Waals surface area contributed by atoms with E-state index in [9.17, 15) is 27.6 Å². The van der Waals surface area contributed by atoms with Crippen molar-refractivity contribution in [2.24, 2.45) is 11.8 Å². The minimum absolute atomic E-state index is 0.0219. The number of aryl methyl sites for hydroxylation is 1. The molecule has 49 heavy (non-hydrogen) atoms. The molecular formula is C36H51N5O7S. The Labute approximate surface area is 289 Å². The summed E-state index contributed by atoms with van der Waals surface area (Å²) in [4.78, 5) is 58.5. The summed E-state index contributed by atoms with van der Waals surface area (Å²) in [6.07, 6.45) is 7.63. The van der Waals surface area contributed by atoms with Crippen molar-refractivity contribution >= 4 is 33.8 Å². The van der Waals surface area contributed by atoms with Gasteiger partial charge in [-0.05, 0) is 68.1 Å².